The highest BCUT2D eigenvalue weighted by Crippen LogP contribution is 2.30. The van der Waals surface area contributed by atoms with Crippen molar-refractivity contribution in [3.05, 3.63) is 0 Å². The second-order valence-corrected chi connectivity index (χ2v) is 4.81. The molecule has 0 unspecified atom stereocenters. The van der Waals surface area contributed by atoms with Gasteiger partial charge in [-0.25, -0.2) is 9.65 Å². The van der Waals surface area contributed by atoms with Crippen LogP contribution in [0.3, 0.4) is 0 Å². The van der Waals surface area contributed by atoms with Gasteiger partial charge in [0.2, 0.25) is 0 Å². The summed E-state index contributed by atoms with van der Waals surface area (Å²) in [6, 6.07) is 0. The first-order valence-electron chi connectivity index (χ1n) is 4.38. The van der Waals surface area contributed by atoms with Crippen molar-refractivity contribution in [2.75, 3.05) is 6.54 Å². The van der Waals surface area contributed by atoms with Crippen molar-refractivity contribution >= 4 is 7.75 Å². The van der Waals surface area contributed by atoms with Gasteiger partial charge in [0, 0.05) is 6.54 Å². The van der Waals surface area contributed by atoms with Crippen LogP contribution in [0.2, 0.25) is 0 Å². The molecule has 1 rings (SSSR count). The Hall–Kier alpha value is 0.110. The van der Waals surface area contributed by atoms with E-state index in [1.807, 2.05) is 0 Å². The van der Waals surface area contributed by atoms with Gasteiger partial charge < -0.3 is 9.79 Å². The molecule has 0 aromatic heterocycles. The summed E-state index contributed by atoms with van der Waals surface area (Å²) >= 11 is 0. The van der Waals surface area contributed by atoms with Gasteiger partial charge in [0.25, 0.3) is 0 Å². The van der Waals surface area contributed by atoms with Gasteiger partial charge in [-0.2, -0.15) is 0 Å². The zero-order chi connectivity index (χ0) is 9.03. The average Bonchev–Trinajstić information content (AvgIpc) is 2.02. The number of hydrogen-bond donors (Lipinski definition) is 3. The van der Waals surface area contributed by atoms with Crippen molar-refractivity contribution in [2.45, 2.75) is 32.1 Å². The van der Waals surface area contributed by atoms with E-state index in [2.05, 4.69) is 5.09 Å². The van der Waals surface area contributed by atoms with E-state index in [0.29, 0.717) is 12.5 Å². The lowest BCUT2D eigenvalue weighted by Gasteiger charge is -2.21. The Morgan fingerprint density at radius 3 is 2.33 bits per heavy atom. The van der Waals surface area contributed by atoms with Crippen LogP contribution in [0.15, 0.2) is 0 Å². The van der Waals surface area contributed by atoms with Gasteiger partial charge in [0.05, 0.1) is 0 Å². The summed E-state index contributed by atoms with van der Waals surface area (Å²) in [6.45, 7) is 0.463. The van der Waals surface area contributed by atoms with Gasteiger partial charge >= 0.3 is 7.75 Å². The van der Waals surface area contributed by atoms with Crippen LogP contribution >= 0.6 is 7.75 Å². The maximum absolute atomic E-state index is 10.5. The quantitative estimate of drug-likeness (QED) is 0.590. The van der Waals surface area contributed by atoms with Gasteiger partial charge in [-0.05, 0) is 18.8 Å². The fraction of sp³-hybridized carbons (Fsp3) is 1.00. The van der Waals surface area contributed by atoms with Crippen LogP contribution in [0.5, 0.6) is 0 Å². The monoisotopic (exact) mass is 193 g/mol. The molecule has 0 heterocycles. The molecule has 12 heavy (non-hydrogen) atoms. The molecule has 3 N–H and O–H groups in total. The molecule has 0 aliphatic heterocycles. The molecular weight excluding hydrogens is 177 g/mol. The first-order valence-corrected chi connectivity index (χ1v) is 6.00. The molecule has 0 radical (unpaired) electrons. The summed E-state index contributed by atoms with van der Waals surface area (Å²) in [5.41, 5.74) is 0. The molecule has 4 nitrogen and oxygen atoms in total. The number of rotatable bonds is 3. The highest BCUT2D eigenvalue weighted by atomic mass is 31.2. The Labute approximate surface area is 72.6 Å². The van der Waals surface area contributed by atoms with E-state index in [9.17, 15) is 4.57 Å². The average molecular weight is 193 g/mol. The molecule has 1 fully saturated rings. The zero-order valence-electron chi connectivity index (χ0n) is 7.07. The smallest absolute Gasteiger partial charge is 0.313 e. The minimum absolute atomic E-state index is 0.463. The maximum Gasteiger partial charge on any atom is 0.400 e. The second-order valence-electron chi connectivity index (χ2n) is 3.41. The van der Waals surface area contributed by atoms with E-state index in [-0.39, 0.29) is 0 Å². The molecule has 0 aromatic carbocycles. The minimum atomic E-state index is -3.98. The highest BCUT2D eigenvalue weighted by molar-refractivity contribution is 7.49. The summed E-state index contributed by atoms with van der Waals surface area (Å²) in [5.74, 6) is 0.464. The Kier molecular flexibility index (Phi) is 3.72. The lowest BCUT2D eigenvalue weighted by Crippen LogP contribution is -2.22. The zero-order valence-corrected chi connectivity index (χ0v) is 7.96. The normalized spacial score (nSPS) is 21.2. The molecule has 0 amide bonds. The van der Waals surface area contributed by atoms with E-state index < -0.39 is 7.75 Å². The van der Waals surface area contributed by atoms with E-state index in [4.69, 9.17) is 9.79 Å². The molecule has 5 heteroatoms. The lowest BCUT2D eigenvalue weighted by atomic mass is 9.90. The maximum atomic E-state index is 10.5. The van der Waals surface area contributed by atoms with Crippen LogP contribution in [0, 0.1) is 5.92 Å². The van der Waals surface area contributed by atoms with Crippen LogP contribution in [0.4, 0.5) is 0 Å². The SMILES string of the molecule is O=P(O)(O)NCC1CCCCC1. The third-order valence-electron chi connectivity index (χ3n) is 2.31. The van der Waals surface area contributed by atoms with Crippen molar-refractivity contribution in [3.8, 4) is 0 Å². The van der Waals surface area contributed by atoms with Crippen LogP contribution < -0.4 is 5.09 Å². The van der Waals surface area contributed by atoms with Crippen LogP contribution in [-0.2, 0) is 4.57 Å². The Balaban J connectivity index is 2.17. The van der Waals surface area contributed by atoms with Gasteiger partial charge in [-0.15, -0.1) is 0 Å². The van der Waals surface area contributed by atoms with Crippen molar-refractivity contribution < 1.29 is 14.4 Å². The van der Waals surface area contributed by atoms with E-state index in [1.54, 1.807) is 0 Å². The van der Waals surface area contributed by atoms with Gasteiger partial charge in [0.1, 0.15) is 0 Å². The second kappa shape index (κ2) is 4.38. The van der Waals surface area contributed by atoms with E-state index in [1.165, 1.54) is 19.3 Å². The third kappa shape index (κ3) is 4.21. The molecular formula is C7H16NO3P. The predicted molar refractivity (Wildman–Crippen MR) is 46.6 cm³/mol. The topological polar surface area (TPSA) is 69.6 Å². The Morgan fingerprint density at radius 1 is 1.25 bits per heavy atom. The van der Waals surface area contributed by atoms with Crippen LogP contribution in [0.25, 0.3) is 0 Å². The minimum Gasteiger partial charge on any atom is -0.313 e. The van der Waals surface area contributed by atoms with Crippen LogP contribution in [-0.4, -0.2) is 16.3 Å². The Bertz CT molecular complexity index is 173. The van der Waals surface area contributed by atoms with Gasteiger partial charge in [-0.1, -0.05) is 19.3 Å². The largest absolute Gasteiger partial charge is 0.400 e. The summed E-state index contributed by atoms with van der Waals surface area (Å²) in [4.78, 5) is 17.1. The Morgan fingerprint density at radius 2 is 1.83 bits per heavy atom. The highest BCUT2D eigenvalue weighted by Gasteiger charge is 2.17. The van der Waals surface area contributed by atoms with Crippen molar-refractivity contribution in [1.29, 1.82) is 0 Å². The molecule has 1 aliphatic carbocycles. The standard InChI is InChI=1S/C7H16NO3P/c9-12(10,11)8-6-7-4-2-1-3-5-7/h7H,1-6H2,(H3,8,9,10,11). The molecule has 0 saturated heterocycles. The molecule has 0 spiro atoms. The first-order chi connectivity index (χ1) is 5.58. The number of nitrogens with one attached hydrogen (secondary N) is 1. The van der Waals surface area contributed by atoms with Crippen LogP contribution in [0.1, 0.15) is 32.1 Å². The fourth-order valence-corrected chi connectivity index (χ4v) is 2.14. The van der Waals surface area contributed by atoms with E-state index in [0.717, 1.165) is 12.8 Å². The number of hydrogen-bond acceptors (Lipinski definition) is 1. The summed E-state index contributed by atoms with van der Waals surface area (Å²) in [7, 11) is -3.98. The first kappa shape index (κ1) is 10.2. The van der Waals surface area contributed by atoms with E-state index >= 15 is 0 Å². The molecule has 1 saturated carbocycles. The molecule has 1 aliphatic rings. The molecule has 0 aromatic rings. The van der Waals surface area contributed by atoms with Gasteiger partial charge in [-0.3, -0.25) is 0 Å². The third-order valence-corrected chi connectivity index (χ3v) is 2.91. The van der Waals surface area contributed by atoms with Crippen molar-refractivity contribution in [3.63, 3.8) is 0 Å². The fourth-order valence-electron chi connectivity index (χ4n) is 1.64. The van der Waals surface area contributed by atoms with Crippen molar-refractivity contribution in [2.24, 2.45) is 5.92 Å². The lowest BCUT2D eigenvalue weighted by molar-refractivity contribution is 0.323. The molecule has 0 atom stereocenters. The van der Waals surface area contributed by atoms with Crippen molar-refractivity contribution in [1.82, 2.24) is 5.09 Å². The molecule has 72 valence electrons. The summed E-state index contributed by atoms with van der Waals surface area (Å²) in [6.07, 6.45) is 5.88. The summed E-state index contributed by atoms with van der Waals surface area (Å²) < 4.78 is 10.5. The van der Waals surface area contributed by atoms with Gasteiger partial charge in [0.15, 0.2) is 0 Å². The summed E-state index contributed by atoms with van der Waals surface area (Å²) in [5, 5.41) is 2.26. The predicted octanol–water partition coefficient (Wildman–Crippen LogP) is 1.25. The molecule has 0 bridgehead atoms.